The summed E-state index contributed by atoms with van der Waals surface area (Å²) in [6.45, 7) is 0.906. The molecular formula is C12H29O5P2+. The summed E-state index contributed by atoms with van der Waals surface area (Å²) < 4.78 is 8.51. The van der Waals surface area contributed by atoms with Gasteiger partial charge < -0.3 is 15.3 Å². The highest BCUT2D eigenvalue weighted by Gasteiger charge is 2.07. The van der Waals surface area contributed by atoms with Crippen LogP contribution in [-0.4, -0.2) is 58.5 Å². The summed E-state index contributed by atoms with van der Waals surface area (Å²) in [6.07, 6.45) is 9.85. The monoisotopic (exact) mass is 315 g/mol. The average molecular weight is 315 g/mol. The second-order valence-electron chi connectivity index (χ2n) is 4.23. The fraction of sp³-hybridized carbons (Fsp3) is 1.00. The van der Waals surface area contributed by atoms with Crippen molar-refractivity contribution < 1.29 is 24.8 Å². The van der Waals surface area contributed by atoms with Crippen molar-refractivity contribution in [2.45, 2.75) is 38.5 Å². The van der Waals surface area contributed by atoms with Gasteiger partial charge in [0.25, 0.3) is 0 Å². The third-order valence-electron chi connectivity index (χ3n) is 2.65. The molecule has 0 aromatic carbocycles. The first-order chi connectivity index (χ1) is 9.26. The zero-order valence-corrected chi connectivity index (χ0v) is 13.5. The second-order valence-corrected chi connectivity index (χ2v) is 7.09. The summed E-state index contributed by atoms with van der Waals surface area (Å²) >= 11 is 0. The van der Waals surface area contributed by atoms with Crippen molar-refractivity contribution >= 4 is 16.6 Å². The van der Waals surface area contributed by atoms with Crippen molar-refractivity contribution in [2.24, 2.45) is 0 Å². The molecule has 0 heterocycles. The Balaban J connectivity index is 0. The maximum Gasteiger partial charge on any atom is 0.491 e. The highest BCUT2D eigenvalue weighted by Crippen LogP contribution is 2.38. The Labute approximate surface area is 119 Å². The Morgan fingerprint density at radius 1 is 0.684 bits per heavy atom. The molecule has 0 saturated heterocycles. The van der Waals surface area contributed by atoms with E-state index < -0.39 is 8.69 Å². The van der Waals surface area contributed by atoms with Gasteiger partial charge in [0.2, 0.25) is 0 Å². The van der Waals surface area contributed by atoms with Crippen molar-refractivity contribution in [1.82, 2.24) is 0 Å². The van der Waals surface area contributed by atoms with E-state index in [9.17, 15) is 0 Å². The maximum absolute atomic E-state index is 8.75. The van der Waals surface area contributed by atoms with E-state index in [2.05, 4.69) is 0 Å². The highest BCUT2D eigenvalue weighted by molar-refractivity contribution is 7.57. The fourth-order valence-corrected chi connectivity index (χ4v) is 4.36. The summed E-state index contributed by atoms with van der Waals surface area (Å²) in [6, 6.07) is 0. The van der Waals surface area contributed by atoms with Crippen molar-refractivity contribution in [2.75, 3.05) is 38.3 Å². The molecule has 4 N–H and O–H groups in total. The van der Waals surface area contributed by atoms with Crippen LogP contribution in [0.15, 0.2) is 0 Å². The topological polar surface area (TPSA) is 98.0 Å². The Morgan fingerprint density at radius 3 is 1.16 bits per heavy atom. The fourth-order valence-electron chi connectivity index (χ4n) is 1.68. The average Bonchev–Trinajstić information content (AvgIpc) is 2.40. The van der Waals surface area contributed by atoms with Crippen LogP contribution in [0.1, 0.15) is 38.5 Å². The predicted octanol–water partition coefficient (Wildman–Crippen LogP) is 1.70. The van der Waals surface area contributed by atoms with Crippen molar-refractivity contribution in [3.63, 3.8) is 0 Å². The van der Waals surface area contributed by atoms with Gasteiger partial charge in [0.15, 0.2) is 0 Å². The molecular weight excluding hydrogens is 286 g/mol. The maximum atomic E-state index is 8.75. The lowest BCUT2D eigenvalue weighted by Crippen LogP contribution is -1.99. The minimum absolute atomic E-state index is 0.0712. The molecule has 0 bridgehead atoms. The van der Waals surface area contributed by atoms with Gasteiger partial charge in [0.05, 0.1) is 0 Å². The first-order valence-corrected chi connectivity index (χ1v) is 9.58. The third-order valence-corrected chi connectivity index (χ3v) is 5.49. The van der Waals surface area contributed by atoms with Crippen LogP contribution in [0.5, 0.6) is 0 Å². The first kappa shape index (κ1) is 21.7. The van der Waals surface area contributed by atoms with Gasteiger partial charge in [-0.25, -0.2) is 0 Å². The Bertz CT molecular complexity index is 148. The number of hydrogen-bond acceptors (Lipinski definition) is 4. The lowest BCUT2D eigenvalue weighted by atomic mass is 10.3. The molecule has 0 aliphatic rings. The summed E-state index contributed by atoms with van der Waals surface area (Å²) in [7, 11) is -1.10. The molecule has 0 radical (unpaired) electrons. The van der Waals surface area contributed by atoms with Crippen LogP contribution in [0.4, 0.5) is 0 Å². The normalized spacial score (nSPS) is 10.6. The molecule has 1 unspecified atom stereocenters. The summed E-state index contributed by atoms with van der Waals surface area (Å²) in [4.78, 5) is 7.04. The molecule has 5 nitrogen and oxygen atoms in total. The van der Waals surface area contributed by atoms with Gasteiger partial charge >= 0.3 is 8.69 Å². The zero-order chi connectivity index (χ0) is 14.8. The van der Waals surface area contributed by atoms with Gasteiger partial charge in [-0.05, 0) is 61.6 Å². The minimum atomic E-state index is -1.17. The molecule has 0 spiro atoms. The molecule has 0 amide bonds. The largest absolute Gasteiger partial charge is 0.491 e. The van der Waals surface area contributed by atoms with Gasteiger partial charge in [-0.15, -0.1) is 7.92 Å². The van der Waals surface area contributed by atoms with Crippen molar-refractivity contribution in [1.29, 1.82) is 0 Å². The number of unbranched alkanes of at least 4 members (excludes halogenated alkanes) is 3. The predicted molar refractivity (Wildman–Crippen MR) is 81.7 cm³/mol. The van der Waals surface area contributed by atoms with Crippen molar-refractivity contribution in [3.05, 3.63) is 0 Å². The van der Waals surface area contributed by atoms with Crippen LogP contribution in [-0.2, 0) is 4.57 Å². The molecule has 1 atom stereocenters. The molecule has 19 heavy (non-hydrogen) atoms. The quantitative estimate of drug-likeness (QED) is 0.325. The number of hydrogen-bond donors (Lipinski definition) is 4. The summed E-state index contributed by atoms with van der Waals surface area (Å²) in [5, 5.41) is 26.2. The van der Waals surface area contributed by atoms with E-state index in [0.717, 1.165) is 38.5 Å². The van der Waals surface area contributed by atoms with E-state index in [1.165, 1.54) is 18.5 Å². The SMILES string of the molecule is O=[PH+]O.OCCCCP(CCCCO)CCCCO. The van der Waals surface area contributed by atoms with Crippen LogP contribution in [0.25, 0.3) is 0 Å². The Kier molecular flexibility index (Phi) is 23.6. The summed E-state index contributed by atoms with van der Waals surface area (Å²) in [5.74, 6) is 0. The van der Waals surface area contributed by atoms with E-state index >= 15 is 0 Å². The smallest absolute Gasteiger partial charge is 0.396 e. The zero-order valence-electron chi connectivity index (χ0n) is 11.6. The van der Waals surface area contributed by atoms with Gasteiger partial charge in [-0.2, -0.15) is 4.89 Å². The third kappa shape index (κ3) is 20.8. The molecule has 116 valence electrons. The van der Waals surface area contributed by atoms with Gasteiger partial charge in [0.1, 0.15) is 0 Å². The standard InChI is InChI=1S/C12H27O3P.HO2P/c13-7-1-4-10-16(11-5-2-8-14)12-6-3-9-15;1-3-2/h13-15H,1-12H2;3H/p+1. The van der Waals surface area contributed by atoms with E-state index in [4.69, 9.17) is 24.8 Å². The van der Waals surface area contributed by atoms with Crippen LogP contribution >= 0.6 is 16.6 Å². The molecule has 0 aromatic rings. The van der Waals surface area contributed by atoms with Crippen LogP contribution in [0, 0.1) is 0 Å². The lowest BCUT2D eigenvalue weighted by molar-refractivity contribution is 0.286. The molecule has 0 fully saturated rings. The molecule has 0 rings (SSSR count). The number of aliphatic hydroxyl groups excluding tert-OH is 3. The van der Waals surface area contributed by atoms with Crippen LogP contribution in [0.3, 0.4) is 0 Å². The van der Waals surface area contributed by atoms with E-state index in [0.29, 0.717) is 19.8 Å². The number of aliphatic hydroxyl groups is 3. The lowest BCUT2D eigenvalue weighted by Gasteiger charge is -2.17. The molecule has 7 heteroatoms. The second kappa shape index (κ2) is 20.7. The Morgan fingerprint density at radius 2 is 0.947 bits per heavy atom. The molecule has 0 aliphatic heterocycles. The minimum Gasteiger partial charge on any atom is -0.396 e. The van der Waals surface area contributed by atoms with Crippen LogP contribution in [0.2, 0.25) is 0 Å². The van der Waals surface area contributed by atoms with E-state index in [1.807, 2.05) is 0 Å². The van der Waals surface area contributed by atoms with Crippen molar-refractivity contribution in [3.8, 4) is 0 Å². The molecule has 0 saturated carbocycles. The van der Waals surface area contributed by atoms with E-state index in [-0.39, 0.29) is 7.92 Å². The van der Waals surface area contributed by atoms with Crippen LogP contribution < -0.4 is 0 Å². The number of rotatable bonds is 12. The molecule has 0 aliphatic carbocycles. The molecule has 0 aromatic heterocycles. The van der Waals surface area contributed by atoms with E-state index in [1.54, 1.807) is 0 Å². The van der Waals surface area contributed by atoms with Gasteiger partial charge in [-0.3, -0.25) is 0 Å². The Hall–Kier alpha value is 0.370. The van der Waals surface area contributed by atoms with Gasteiger partial charge in [-0.1, -0.05) is 0 Å². The highest BCUT2D eigenvalue weighted by atomic mass is 31.1. The summed E-state index contributed by atoms with van der Waals surface area (Å²) in [5.41, 5.74) is 0. The first-order valence-electron chi connectivity index (χ1n) is 6.83. The van der Waals surface area contributed by atoms with Gasteiger partial charge in [0, 0.05) is 19.8 Å².